The maximum atomic E-state index is 11.8. The third-order valence-corrected chi connectivity index (χ3v) is 2.37. The zero-order valence-corrected chi connectivity index (χ0v) is 9.50. The molecule has 0 saturated carbocycles. The van der Waals surface area contributed by atoms with Gasteiger partial charge in [-0.2, -0.15) is 0 Å². The van der Waals surface area contributed by atoms with E-state index in [9.17, 15) is 9.59 Å². The summed E-state index contributed by atoms with van der Waals surface area (Å²) in [6.07, 6.45) is 0.641. The van der Waals surface area contributed by atoms with Crippen molar-refractivity contribution in [1.82, 2.24) is 0 Å². The lowest BCUT2D eigenvalue weighted by molar-refractivity contribution is 0.0733. The molecule has 2 aromatic rings. The number of esters is 1. The Morgan fingerprint density at radius 1 is 1.11 bits per heavy atom. The molecule has 0 radical (unpaired) electrons. The highest BCUT2D eigenvalue weighted by molar-refractivity contribution is 5.93. The summed E-state index contributed by atoms with van der Waals surface area (Å²) in [6.45, 7) is 0. The number of ether oxygens (including phenoxy) is 1. The summed E-state index contributed by atoms with van der Waals surface area (Å²) < 4.78 is 5.15. The van der Waals surface area contributed by atoms with E-state index in [1.54, 1.807) is 42.5 Å². The minimum absolute atomic E-state index is 0.236. The number of anilines is 1. The number of hydrogen-bond acceptors (Lipinski definition) is 4. The van der Waals surface area contributed by atoms with Crippen LogP contribution < -0.4 is 10.5 Å². The number of benzene rings is 2. The molecule has 0 atom stereocenters. The van der Waals surface area contributed by atoms with Crippen molar-refractivity contribution in [3.63, 3.8) is 0 Å². The number of nitrogens with two attached hydrogens (primary N) is 1. The molecule has 0 aliphatic carbocycles. The average Bonchev–Trinajstić information content (AvgIpc) is 2.39. The van der Waals surface area contributed by atoms with Crippen LogP contribution in [0.2, 0.25) is 0 Å². The minimum Gasteiger partial charge on any atom is -0.422 e. The Morgan fingerprint density at radius 3 is 2.61 bits per heavy atom. The van der Waals surface area contributed by atoms with Crippen LogP contribution in [-0.4, -0.2) is 12.3 Å². The van der Waals surface area contributed by atoms with Gasteiger partial charge in [-0.05, 0) is 30.3 Å². The van der Waals surface area contributed by atoms with E-state index in [1.807, 2.05) is 0 Å². The summed E-state index contributed by atoms with van der Waals surface area (Å²) in [4.78, 5) is 22.6. The monoisotopic (exact) mass is 241 g/mol. The van der Waals surface area contributed by atoms with Gasteiger partial charge in [-0.3, -0.25) is 4.79 Å². The maximum absolute atomic E-state index is 11.8. The van der Waals surface area contributed by atoms with Crippen molar-refractivity contribution in [2.45, 2.75) is 0 Å². The van der Waals surface area contributed by atoms with Gasteiger partial charge in [0.25, 0.3) is 0 Å². The summed E-state index contributed by atoms with van der Waals surface area (Å²) in [5.41, 5.74) is 6.73. The molecule has 0 bridgehead atoms. The fraction of sp³-hybridized carbons (Fsp3) is 0. The quantitative estimate of drug-likeness (QED) is 0.387. The van der Waals surface area contributed by atoms with Crippen LogP contribution in [0.1, 0.15) is 20.7 Å². The van der Waals surface area contributed by atoms with Crippen molar-refractivity contribution in [1.29, 1.82) is 0 Å². The van der Waals surface area contributed by atoms with Gasteiger partial charge in [0.15, 0.2) is 6.29 Å². The second kappa shape index (κ2) is 5.14. The first-order valence-electron chi connectivity index (χ1n) is 5.32. The summed E-state index contributed by atoms with van der Waals surface area (Å²) in [7, 11) is 0. The van der Waals surface area contributed by atoms with E-state index in [0.717, 1.165) is 0 Å². The number of nitrogen functional groups attached to an aromatic ring is 1. The average molecular weight is 241 g/mol. The maximum Gasteiger partial charge on any atom is 0.343 e. The molecule has 4 heteroatoms. The minimum atomic E-state index is -0.545. The van der Waals surface area contributed by atoms with Gasteiger partial charge < -0.3 is 10.5 Å². The predicted octanol–water partition coefficient (Wildman–Crippen LogP) is 2.30. The van der Waals surface area contributed by atoms with Gasteiger partial charge in [0.05, 0.1) is 11.1 Å². The number of carbonyl (C=O) groups excluding carboxylic acids is 2. The van der Waals surface area contributed by atoms with E-state index >= 15 is 0 Å². The topological polar surface area (TPSA) is 69.4 Å². The highest BCUT2D eigenvalue weighted by Crippen LogP contribution is 2.18. The van der Waals surface area contributed by atoms with Crippen LogP contribution in [0.15, 0.2) is 48.5 Å². The van der Waals surface area contributed by atoms with Gasteiger partial charge >= 0.3 is 5.97 Å². The van der Waals surface area contributed by atoms with E-state index in [-0.39, 0.29) is 5.75 Å². The largest absolute Gasteiger partial charge is 0.422 e. The van der Waals surface area contributed by atoms with Crippen LogP contribution in [0.25, 0.3) is 0 Å². The smallest absolute Gasteiger partial charge is 0.343 e. The van der Waals surface area contributed by atoms with Crippen LogP contribution in [0.3, 0.4) is 0 Å². The lowest BCUT2D eigenvalue weighted by Gasteiger charge is -2.06. The number of para-hydroxylation sites is 1. The van der Waals surface area contributed by atoms with Crippen molar-refractivity contribution in [3.8, 4) is 5.75 Å². The Kier molecular flexibility index (Phi) is 3.38. The van der Waals surface area contributed by atoms with Crippen LogP contribution in [0.4, 0.5) is 5.69 Å². The summed E-state index contributed by atoms with van der Waals surface area (Å²) in [6, 6.07) is 13.0. The van der Waals surface area contributed by atoms with E-state index < -0.39 is 5.97 Å². The van der Waals surface area contributed by atoms with E-state index in [4.69, 9.17) is 10.5 Å². The van der Waals surface area contributed by atoms with Crippen molar-refractivity contribution >= 4 is 17.9 Å². The van der Waals surface area contributed by atoms with E-state index in [0.29, 0.717) is 23.1 Å². The Labute approximate surface area is 104 Å². The van der Waals surface area contributed by atoms with E-state index in [1.165, 1.54) is 6.07 Å². The van der Waals surface area contributed by atoms with Crippen LogP contribution >= 0.6 is 0 Å². The SMILES string of the molecule is Nc1cccc(C(=O)Oc2ccccc2C=O)c1. The molecule has 0 saturated heterocycles. The first-order chi connectivity index (χ1) is 8.70. The first kappa shape index (κ1) is 11.9. The van der Waals surface area contributed by atoms with Crippen molar-refractivity contribution in [2.75, 3.05) is 5.73 Å². The lowest BCUT2D eigenvalue weighted by atomic mass is 10.2. The van der Waals surface area contributed by atoms with Gasteiger partial charge in [-0.1, -0.05) is 18.2 Å². The standard InChI is InChI=1S/C14H11NO3/c15-12-6-3-5-10(8-12)14(17)18-13-7-2-1-4-11(13)9-16/h1-9H,15H2. The second-order valence-corrected chi connectivity index (χ2v) is 3.67. The van der Waals surface area contributed by atoms with Crippen LogP contribution in [0, 0.1) is 0 Å². The molecule has 4 nitrogen and oxygen atoms in total. The fourth-order valence-electron chi connectivity index (χ4n) is 1.50. The summed E-state index contributed by atoms with van der Waals surface area (Å²) in [5.74, 6) is -0.309. The predicted molar refractivity (Wildman–Crippen MR) is 67.6 cm³/mol. The van der Waals surface area contributed by atoms with Crippen LogP contribution in [-0.2, 0) is 0 Å². The molecule has 0 fully saturated rings. The molecule has 0 unspecified atom stereocenters. The van der Waals surface area contributed by atoms with Gasteiger partial charge in [-0.15, -0.1) is 0 Å². The number of carbonyl (C=O) groups is 2. The lowest BCUT2D eigenvalue weighted by Crippen LogP contribution is -2.10. The molecule has 0 aliphatic rings. The van der Waals surface area contributed by atoms with Gasteiger partial charge in [0.2, 0.25) is 0 Å². The molecule has 90 valence electrons. The zero-order valence-electron chi connectivity index (χ0n) is 9.50. The van der Waals surface area contributed by atoms with Gasteiger partial charge in [-0.25, -0.2) is 4.79 Å². The third kappa shape index (κ3) is 2.55. The second-order valence-electron chi connectivity index (χ2n) is 3.67. The molecular weight excluding hydrogens is 230 g/mol. The molecular formula is C14H11NO3. The summed E-state index contributed by atoms with van der Waals surface area (Å²) in [5, 5.41) is 0. The molecule has 0 heterocycles. The number of aldehydes is 1. The Hall–Kier alpha value is -2.62. The van der Waals surface area contributed by atoms with Crippen LogP contribution in [0.5, 0.6) is 5.75 Å². The fourth-order valence-corrected chi connectivity index (χ4v) is 1.50. The number of hydrogen-bond donors (Lipinski definition) is 1. The van der Waals surface area contributed by atoms with Gasteiger partial charge in [0.1, 0.15) is 5.75 Å². The molecule has 2 N–H and O–H groups in total. The zero-order chi connectivity index (χ0) is 13.0. The Morgan fingerprint density at radius 2 is 1.89 bits per heavy atom. The summed E-state index contributed by atoms with van der Waals surface area (Å²) >= 11 is 0. The molecule has 0 aromatic heterocycles. The van der Waals surface area contributed by atoms with E-state index in [2.05, 4.69) is 0 Å². The highest BCUT2D eigenvalue weighted by atomic mass is 16.5. The molecule has 18 heavy (non-hydrogen) atoms. The Bertz CT molecular complexity index is 593. The molecule has 2 rings (SSSR count). The third-order valence-electron chi connectivity index (χ3n) is 2.37. The van der Waals surface area contributed by atoms with Crippen molar-refractivity contribution in [2.24, 2.45) is 0 Å². The van der Waals surface area contributed by atoms with Crippen molar-refractivity contribution < 1.29 is 14.3 Å². The van der Waals surface area contributed by atoms with Crippen molar-refractivity contribution in [3.05, 3.63) is 59.7 Å². The Balaban J connectivity index is 2.24. The number of rotatable bonds is 3. The molecule has 0 amide bonds. The molecule has 2 aromatic carbocycles. The van der Waals surface area contributed by atoms with Gasteiger partial charge in [0, 0.05) is 5.69 Å². The molecule has 0 aliphatic heterocycles. The molecule has 0 spiro atoms. The normalized spacial score (nSPS) is 9.78. The highest BCUT2D eigenvalue weighted by Gasteiger charge is 2.11. The first-order valence-corrected chi connectivity index (χ1v) is 5.32.